The van der Waals surface area contributed by atoms with Crippen LogP contribution in [0.2, 0.25) is 10.0 Å². The van der Waals surface area contributed by atoms with Crippen LogP contribution < -0.4 is 5.32 Å². The lowest BCUT2D eigenvalue weighted by Crippen LogP contribution is -2.47. The number of benzene rings is 2. The van der Waals surface area contributed by atoms with Crippen molar-refractivity contribution in [3.8, 4) is 0 Å². The van der Waals surface area contributed by atoms with E-state index >= 15 is 0 Å². The number of nitrogens with zero attached hydrogens (tertiary/aromatic N) is 1. The summed E-state index contributed by atoms with van der Waals surface area (Å²) in [6.07, 6.45) is 2.26. The molecule has 0 aliphatic rings. The van der Waals surface area contributed by atoms with Crippen molar-refractivity contribution in [1.29, 1.82) is 0 Å². The maximum Gasteiger partial charge on any atom is 0.242 e. The molecule has 31 heavy (non-hydrogen) atoms. The fraction of sp³-hybridized carbons (Fsp3) is 0.417. The summed E-state index contributed by atoms with van der Waals surface area (Å²) in [5.74, 6) is 1.32. The normalized spacial score (nSPS) is 11.7. The number of carbonyl (C=O) groups excluding carboxylic acids is 2. The number of nitrogens with one attached hydrogen (secondary N) is 1. The van der Waals surface area contributed by atoms with Gasteiger partial charge >= 0.3 is 0 Å². The van der Waals surface area contributed by atoms with Crippen LogP contribution in [0.4, 0.5) is 0 Å². The molecule has 1 N–H and O–H groups in total. The number of amides is 2. The minimum atomic E-state index is -0.588. The van der Waals surface area contributed by atoms with Crippen LogP contribution >= 0.6 is 35.0 Å². The highest BCUT2D eigenvalue weighted by Crippen LogP contribution is 2.24. The molecule has 2 rings (SSSR count). The van der Waals surface area contributed by atoms with E-state index in [0.717, 1.165) is 24.2 Å². The molecule has 0 fully saturated rings. The number of halogens is 2. The molecule has 0 bridgehead atoms. The van der Waals surface area contributed by atoms with Gasteiger partial charge in [-0.25, -0.2) is 0 Å². The third kappa shape index (κ3) is 8.76. The summed E-state index contributed by atoms with van der Waals surface area (Å²) in [4.78, 5) is 27.3. The van der Waals surface area contributed by atoms with Crippen molar-refractivity contribution in [2.45, 2.75) is 51.4 Å². The first-order valence-electron chi connectivity index (χ1n) is 10.5. The molecule has 0 heterocycles. The molecule has 0 saturated carbocycles. The molecule has 1 atom stereocenters. The zero-order valence-electron chi connectivity index (χ0n) is 18.1. The molecule has 168 valence electrons. The van der Waals surface area contributed by atoms with Crippen molar-refractivity contribution in [2.75, 3.05) is 12.3 Å². The fourth-order valence-corrected chi connectivity index (χ4v) is 4.38. The molecule has 2 aromatic carbocycles. The van der Waals surface area contributed by atoms with E-state index in [1.807, 2.05) is 18.2 Å². The Balaban J connectivity index is 2.02. The SMILES string of the molecule is CCCCNC(=O)C(C)N(Cc1ccc(Cl)cc1Cl)C(=O)CCSCc1ccccc1. The highest BCUT2D eigenvalue weighted by atomic mass is 35.5. The second kappa shape index (κ2) is 13.7. The predicted octanol–water partition coefficient (Wildman–Crippen LogP) is 5.95. The van der Waals surface area contributed by atoms with Crippen LogP contribution in [0, 0.1) is 0 Å². The van der Waals surface area contributed by atoms with Gasteiger partial charge in [0.15, 0.2) is 0 Å². The van der Waals surface area contributed by atoms with Gasteiger partial charge in [0.25, 0.3) is 0 Å². The zero-order valence-corrected chi connectivity index (χ0v) is 20.4. The van der Waals surface area contributed by atoms with Crippen molar-refractivity contribution in [2.24, 2.45) is 0 Å². The number of hydrogen-bond donors (Lipinski definition) is 1. The lowest BCUT2D eigenvalue weighted by molar-refractivity contribution is -0.140. The Morgan fingerprint density at radius 1 is 1.13 bits per heavy atom. The second-order valence-corrected chi connectivity index (χ2v) is 9.31. The Labute approximate surface area is 199 Å². The van der Waals surface area contributed by atoms with Crippen LogP contribution in [-0.4, -0.2) is 35.1 Å². The summed E-state index contributed by atoms with van der Waals surface area (Å²) in [7, 11) is 0. The number of rotatable bonds is 12. The van der Waals surface area contributed by atoms with Gasteiger partial charge in [0.2, 0.25) is 11.8 Å². The van der Waals surface area contributed by atoms with Gasteiger partial charge in [0.1, 0.15) is 6.04 Å². The van der Waals surface area contributed by atoms with Crippen LogP contribution in [0.3, 0.4) is 0 Å². The van der Waals surface area contributed by atoms with Crippen LogP contribution in [0.25, 0.3) is 0 Å². The third-order valence-corrected chi connectivity index (χ3v) is 6.54. The first-order chi connectivity index (χ1) is 14.9. The van der Waals surface area contributed by atoms with Crippen LogP contribution in [0.1, 0.15) is 44.2 Å². The zero-order chi connectivity index (χ0) is 22.6. The first kappa shape index (κ1) is 25.6. The standard InChI is InChI=1S/C24H30Cl2N2O2S/c1-3-4-13-27-24(30)18(2)28(16-20-10-11-21(25)15-22(20)26)23(29)12-14-31-17-19-8-6-5-7-9-19/h5-11,15,18H,3-4,12-14,16-17H2,1-2H3,(H,27,30). The number of unbranched alkanes of at least 4 members (excludes halogenated alkanes) is 1. The lowest BCUT2D eigenvalue weighted by atomic mass is 10.1. The van der Waals surface area contributed by atoms with Crippen molar-refractivity contribution in [1.82, 2.24) is 10.2 Å². The lowest BCUT2D eigenvalue weighted by Gasteiger charge is -2.29. The average Bonchev–Trinajstić information content (AvgIpc) is 2.76. The van der Waals surface area contributed by atoms with Crippen LogP contribution in [0.5, 0.6) is 0 Å². The molecule has 0 radical (unpaired) electrons. The Hall–Kier alpha value is -1.69. The number of thioether (sulfide) groups is 1. The van der Waals surface area contributed by atoms with E-state index in [4.69, 9.17) is 23.2 Å². The van der Waals surface area contributed by atoms with Crippen LogP contribution in [0.15, 0.2) is 48.5 Å². The summed E-state index contributed by atoms with van der Waals surface area (Å²) >= 11 is 14.0. The molecular formula is C24H30Cl2N2O2S. The van der Waals surface area contributed by atoms with E-state index in [-0.39, 0.29) is 18.4 Å². The average molecular weight is 481 g/mol. The molecule has 1 unspecified atom stereocenters. The van der Waals surface area contributed by atoms with Crippen LogP contribution in [-0.2, 0) is 21.9 Å². The van der Waals surface area contributed by atoms with E-state index in [0.29, 0.717) is 28.8 Å². The summed E-state index contributed by atoms with van der Waals surface area (Å²) in [6.45, 7) is 4.71. The van der Waals surface area contributed by atoms with E-state index in [9.17, 15) is 9.59 Å². The van der Waals surface area contributed by atoms with E-state index < -0.39 is 6.04 Å². The molecule has 0 aliphatic heterocycles. The summed E-state index contributed by atoms with van der Waals surface area (Å²) < 4.78 is 0. The molecule has 0 saturated heterocycles. The summed E-state index contributed by atoms with van der Waals surface area (Å²) in [5, 5.41) is 3.95. The van der Waals surface area contributed by atoms with Gasteiger partial charge in [0, 0.05) is 41.1 Å². The quantitative estimate of drug-likeness (QED) is 0.381. The highest BCUT2D eigenvalue weighted by molar-refractivity contribution is 7.98. The largest absolute Gasteiger partial charge is 0.354 e. The maximum absolute atomic E-state index is 13.1. The Bertz CT molecular complexity index is 849. The highest BCUT2D eigenvalue weighted by Gasteiger charge is 2.26. The molecule has 0 aliphatic carbocycles. The topological polar surface area (TPSA) is 49.4 Å². The molecule has 2 aromatic rings. The second-order valence-electron chi connectivity index (χ2n) is 7.37. The number of hydrogen-bond acceptors (Lipinski definition) is 3. The predicted molar refractivity (Wildman–Crippen MR) is 132 cm³/mol. The van der Waals surface area contributed by atoms with Gasteiger partial charge in [-0.2, -0.15) is 11.8 Å². The Morgan fingerprint density at radius 3 is 2.55 bits per heavy atom. The summed E-state index contributed by atoms with van der Waals surface area (Å²) in [5.41, 5.74) is 2.00. The van der Waals surface area contributed by atoms with Crippen molar-refractivity contribution in [3.63, 3.8) is 0 Å². The molecule has 0 aromatic heterocycles. The minimum Gasteiger partial charge on any atom is -0.354 e. The van der Waals surface area contributed by atoms with Gasteiger partial charge in [-0.3, -0.25) is 9.59 Å². The number of carbonyl (C=O) groups is 2. The van der Waals surface area contributed by atoms with E-state index in [1.54, 1.807) is 41.8 Å². The minimum absolute atomic E-state index is 0.0651. The van der Waals surface area contributed by atoms with Gasteiger partial charge in [-0.1, -0.05) is 72.9 Å². The molecule has 0 spiro atoms. The fourth-order valence-electron chi connectivity index (χ4n) is 3.02. The van der Waals surface area contributed by atoms with Gasteiger partial charge in [-0.15, -0.1) is 0 Å². The maximum atomic E-state index is 13.1. The molecule has 4 nitrogen and oxygen atoms in total. The Morgan fingerprint density at radius 2 is 1.87 bits per heavy atom. The van der Waals surface area contributed by atoms with Crippen molar-refractivity contribution >= 4 is 46.8 Å². The smallest absolute Gasteiger partial charge is 0.242 e. The molecular weight excluding hydrogens is 451 g/mol. The van der Waals surface area contributed by atoms with Crippen molar-refractivity contribution in [3.05, 3.63) is 69.7 Å². The van der Waals surface area contributed by atoms with E-state index in [1.165, 1.54) is 5.56 Å². The first-order valence-corrected chi connectivity index (χ1v) is 12.5. The van der Waals surface area contributed by atoms with Gasteiger partial charge in [0.05, 0.1) is 0 Å². The van der Waals surface area contributed by atoms with Crippen molar-refractivity contribution < 1.29 is 9.59 Å². The third-order valence-electron chi connectivity index (χ3n) is 4.92. The molecule has 2 amide bonds. The molecule has 7 heteroatoms. The van der Waals surface area contributed by atoms with Gasteiger partial charge < -0.3 is 10.2 Å². The van der Waals surface area contributed by atoms with E-state index in [2.05, 4.69) is 24.4 Å². The van der Waals surface area contributed by atoms with Gasteiger partial charge in [-0.05, 0) is 36.6 Å². The monoisotopic (exact) mass is 480 g/mol. The Kier molecular flexibility index (Phi) is 11.3. The summed E-state index contributed by atoms with van der Waals surface area (Å²) in [6, 6.07) is 14.8.